The third-order valence-electron chi connectivity index (χ3n) is 3.90. The van der Waals surface area contributed by atoms with Gasteiger partial charge in [0.1, 0.15) is 0 Å². The summed E-state index contributed by atoms with van der Waals surface area (Å²) in [6, 6.07) is 12.6. The molecule has 3 rings (SSSR count). The second-order valence-corrected chi connectivity index (χ2v) is 6.50. The van der Waals surface area contributed by atoms with E-state index in [4.69, 9.17) is 0 Å². The fraction of sp³-hybridized carbons (Fsp3) is 0.353. The van der Waals surface area contributed by atoms with Crippen molar-refractivity contribution in [3.63, 3.8) is 0 Å². The van der Waals surface area contributed by atoms with Crippen molar-refractivity contribution in [3.05, 3.63) is 52.2 Å². The number of amides is 1. The first kappa shape index (κ1) is 14.1. The lowest BCUT2D eigenvalue weighted by Crippen LogP contribution is -2.49. The Morgan fingerprint density at radius 3 is 2.62 bits per heavy atom. The molecule has 3 nitrogen and oxygen atoms in total. The molecule has 1 fully saturated rings. The van der Waals surface area contributed by atoms with Crippen LogP contribution in [0.2, 0.25) is 0 Å². The van der Waals surface area contributed by atoms with Gasteiger partial charge < -0.3 is 9.80 Å². The van der Waals surface area contributed by atoms with Crippen LogP contribution in [0.1, 0.15) is 10.4 Å². The van der Waals surface area contributed by atoms with Crippen molar-refractivity contribution in [3.8, 4) is 0 Å². The fourth-order valence-corrected chi connectivity index (χ4v) is 3.41. The molecule has 4 heteroatoms. The van der Waals surface area contributed by atoms with Crippen LogP contribution in [0.4, 0.5) is 5.69 Å². The van der Waals surface area contributed by atoms with E-state index in [1.807, 2.05) is 22.4 Å². The minimum Gasteiger partial charge on any atom is -0.368 e. The maximum absolute atomic E-state index is 12.3. The first-order valence-corrected chi connectivity index (χ1v) is 8.22. The zero-order chi connectivity index (χ0) is 14.7. The molecule has 0 atom stereocenters. The van der Waals surface area contributed by atoms with E-state index in [1.165, 1.54) is 11.3 Å². The zero-order valence-electron chi connectivity index (χ0n) is 12.3. The van der Waals surface area contributed by atoms with Crippen molar-refractivity contribution in [1.29, 1.82) is 0 Å². The van der Waals surface area contributed by atoms with Crippen LogP contribution in [0.25, 0.3) is 0 Å². The van der Waals surface area contributed by atoms with Crippen molar-refractivity contribution in [2.24, 2.45) is 0 Å². The largest absolute Gasteiger partial charge is 0.368 e. The SMILES string of the molecule is Cc1cccc(N2CCN(C(=O)Cc3cccs3)CC2)c1. The summed E-state index contributed by atoms with van der Waals surface area (Å²) in [5.74, 6) is 0.251. The maximum Gasteiger partial charge on any atom is 0.227 e. The van der Waals surface area contributed by atoms with Gasteiger partial charge in [0.2, 0.25) is 5.91 Å². The number of nitrogens with zero attached hydrogens (tertiary/aromatic N) is 2. The number of piperazine rings is 1. The Hall–Kier alpha value is -1.81. The van der Waals surface area contributed by atoms with Crippen molar-refractivity contribution in [2.75, 3.05) is 31.1 Å². The molecule has 0 unspecified atom stereocenters. The normalized spacial score (nSPS) is 15.3. The molecule has 0 N–H and O–H groups in total. The average molecular weight is 300 g/mol. The van der Waals surface area contributed by atoms with Crippen LogP contribution in [-0.2, 0) is 11.2 Å². The summed E-state index contributed by atoms with van der Waals surface area (Å²) >= 11 is 1.66. The van der Waals surface area contributed by atoms with Crippen LogP contribution in [-0.4, -0.2) is 37.0 Å². The minimum atomic E-state index is 0.251. The van der Waals surface area contributed by atoms with Gasteiger partial charge in [-0.1, -0.05) is 18.2 Å². The number of hydrogen-bond donors (Lipinski definition) is 0. The standard InChI is InChI=1S/C17H20N2OS/c1-14-4-2-5-15(12-14)18-7-9-19(10-8-18)17(20)13-16-6-3-11-21-16/h2-6,11-12H,7-10,13H2,1H3. The van der Waals surface area contributed by atoms with E-state index in [0.717, 1.165) is 31.1 Å². The summed E-state index contributed by atoms with van der Waals surface area (Å²) in [4.78, 5) is 17.8. The summed E-state index contributed by atoms with van der Waals surface area (Å²) < 4.78 is 0. The van der Waals surface area contributed by atoms with Gasteiger partial charge in [-0.3, -0.25) is 4.79 Å². The highest BCUT2D eigenvalue weighted by Gasteiger charge is 2.21. The molecule has 0 spiro atoms. The van der Waals surface area contributed by atoms with E-state index in [-0.39, 0.29) is 5.91 Å². The van der Waals surface area contributed by atoms with Crippen LogP contribution in [0.15, 0.2) is 41.8 Å². The van der Waals surface area contributed by atoms with Crippen LogP contribution in [0, 0.1) is 6.92 Å². The lowest BCUT2D eigenvalue weighted by Gasteiger charge is -2.36. The molecule has 1 amide bonds. The summed E-state index contributed by atoms with van der Waals surface area (Å²) in [5.41, 5.74) is 2.55. The van der Waals surface area contributed by atoms with Crippen LogP contribution in [0.5, 0.6) is 0 Å². The Morgan fingerprint density at radius 1 is 1.14 bits per heavy atom. The second kappa shape index (κ2) is 6.31. The molecular weight excluding hydrogens is 280 g/mol. The van der Waals surface area contributed by atoms with Gasteiger partial charge >= 0.3 is 0 Å². The highest BCUT2D eigenvalue weighted by molar-refractivity contribution is 7.10. The van der Waals surface area contributed by atoms with Gasteiger partial charge in [-0.2, -0.15) is 0 Å². The average Bonchev–Trinajstić information content (AvgIpc) is 3.00. The van der Waals surface area contributed by atoms with E-state index < -0.39 is 0 Å². The van der Waals surface area contributed by atoms with Gasteiger partial charge in [0.05, 0.1) is 6.42 Å². The lowest BCUT2D eigenvalue weighted by molar-refractivity contribution is -0.130. The molecule has 0 saturated carbocycles. The molecule has 0 aliphatic carbocycles. The molecule has 1 aromatic heterocycles. The zero-order valence-corrected chi connectivity index (χ0v) is 13.1. The molecule has 1 aliphatic rings. The van der Waals surface area contributed by atoms with Gasteiger partial charge in [0, 0.05) is 36.7 Å². The molecule has 1 aromatic carbocycles. The second-order valence-electron chi connectivity index (χ2n) is 5.46. The van der Waals surface area contributed by atoms with Crippen molar-refractivity contribution < 1.29 is 4.79 Å². The molecule has 0 radical (unpaired) electrons. The van der Waals surface area contributed by atoms with Gasteiger partial charge in [0.15, 0.2) is 0 Å². The number of carbonyl (C=O) groups excluding carboxylic acids is 1. The van der Waals surface area contributed by atoms with E-state index >= 15 is 0 Å². The molecule has 1 aliphatic heterocycles. The molecule has 21 heavy (non-hydrogen) atoms. The third kappa shape index (κ3) is 3.45. The number of aryl methyl sites for hydroxylation is 1. The van der Waals surface area contributed by atoms with E-state index in [0.29, 0.717) is 6.42 Å². The topological polar surface area (TPSA) is 23.6 Å². The number of carbonyl (C=O) groups is 1. The molecule has 1 saturated heterocycles. The van der Waals surface area contributed by atoms with Gasteiger partial charge in [-0.05, 0) is 36.1 Å². The molecular formula is C17H20N2OS. The first-order valence-electron chi connectivity index (χ1n) is 7.34. The number of benzene rings is 1. The lowest BCUT2D eigenvalue weighted by atomic mass is 10.2. The Bertz CT molecular complexity index is 601. The monoisotopic (exact) mass is 300 g/mol. The van der Waals surface area contributed by atoms with E-state index in [2.05, 4.69) is 36.1 Å². The Balaban J connectivity index is 1.56. The number of rotatable bonds is 3. The highest BCUT2D eigenvalue weighted by atomic mass is 32.1. The van der Waals surface area contributed by atoms with Gasteiger partial charge in [0.25, 0.3) is 0 Å². The minimum absolute atomic E-state index is 0.251. The van der Waals surface area contributed by atoms with Crippen LogP contribution >= 0.6 is 11.3 Å². The summed E-state index contributed by atoms with van der Waals surface area (Å²) in [7, 11) is 0. The Kier molecular flexibility index (Phi) is 4.25. The molecule has 2 aromatic rings. The van der Waals surface area contributed by atoms with Crippen molar-refractivity contribution in [2.45, 2.75) is 13.3 Å². The predicted octanol–water partition coefficient (Wildman–Crippen LogP) is 2.95. The third-order valence-corrected chi connectivity index (χ3v) is 4.78. The van der Waals surface area contributed by atoms with E-state index in [1.54, 1.807) is 11.3 Å². The van der Waals surface area contributed by atoms with Gasteiger partial charge in [-0.15, -0.1) is 11.3 Å². The quantitative estimate of drug-likeness (QED) is 0.870. The maximum atomic E-state index is 12.3. The summed E-state index contributed by atoms with van der Waals surface area (Å²) in [6.45, 7) is 5.58. The Labute approximate surface area is 129 Å². The first-order chi connectivity index (χ1) is 10.2. The summed E-state index contributed by atoms with van der Waals surface area (Å²) in [5, 5.41) is 2.03. The van der Waals surface area contributed by atoms with Crippen molar-refractivity contribution in [1.82, 2.24) is 4.90 Å². The number of anilines is 1. The van der Waals surface area contributed by atoms with Crippen LogP contribution < -0.4 is 4.90 Å². The fourth-order valence-electron chi connectivity index (χ4n) is 2.71. The molecule has 0 bridgehead atoms. The predicted molar refractivity (Wildman–Crippen MR) is 88.0 cm³/mol. The number of hydrogen-bond acceptors (Lipinski definition) is 3. The van der Waals surface area contributed by atoms with Crippen molar-refractivity contribution >= 4 is 22.9 Å². The number of thiophene rings is 1. The van der Waals surface area contributed by atoms with E-state index in [9.17, 15) is 4.79 Å². The highest BCUT2D eigenvalue weighted by Crippen LogP contribution is 2.18. The molecule has 2 heterocycles. The Morgan fingerprint density at radius 2 is 1.95 bits per heavy atom. The smallest absolute Gasteiger partial charge is 0.227 e. The van der Waals surface area contributed by atoms with Crippen LogP contribution in [0.3, 0.4) is 0 Å². The molecule has 110 valence electrons. The van der Waals surface area contributed by atoms with Gasteiger partial charge in [-0.25, -0.2) is 0 Å². The summed E-state index contributed by atoms with van der Waals surface area (Å²) in [6.07, 6.45) is 0.544.